The molecule has 4 saturated heterocycles. The second kappa shape index (κ2) is 29.3. The summed E-state index contributed by atoms with van der Waals surface area (Å²) < 4.78 is 9.59. The van der Waals surface area contributed by atoms with E-state index in [1.165, 1.54) is 184 Å². The number of benzene rings is 1. The number of aromatic nitrogens is 11. The number of aryl methyl sites for hydroxylation is 9. The molecule has 0 saturated carbocycles. The lowest BCUT2D eigenvalue weighted by atomic mass is 9.95. The first-order valence-corrected chi connectivity index (χ1v) is 39.3. The van der Waals surface area contributed by atoms with E-state index in [0.717, 1.165) is 110 Å². The first kappa shape index (κ1) is 69.5. The topological polar surface area (TPSA) is 163 Å². The summed E-state index contributed by atoms with van der Waals surface area (Å²) in [5.74, 6) is 0. The minimum Gasteiger partial charge on any atom is -0.387 e. The Morgan fingerprint density at radius 1 is 0.457 bits per heavy atom. The predicted molar refractivity (Wildman–Crippen MR) is 418 cm³/mol. The van der Waals surface area contributed by atoms with Gasteiger partial charge in [0.2, 0.25) is 0 Å². The van der Waals surface area contributed by atoms with Crippen LogP contribution in [0.15, 0.2) is 141 Å². The van der Waals surface area contributed by atoms with Crippen LogP contribution >= 0.6 is 11.6 Å². The number of hydrogen-bond acceptors (Lipinski definition) is 13. The Hall–Kier alpha value is -8.52. The highest BCUT2D eigenvalue weighted by molar-refractivity contribution is 6.31. The molecule has 0 bridgehead atoms. The molecule has 4 fully saturated rings. The van der Waals surface area contributed by atoms with Crippen molar-refractivity contribution in [3.8, 4) is 0 Å². The van der Waals surface area contributed by atoms with Gasteiger partial charge in [0.1, 0.15) is 22.5 Å². The SMILES string of the molecule is Cc1ccc(CCn2c3c(c4cc(Cl)cnc42)C2CCCN2CC3)cn1.Cc1ccc2c(c1)c1c(n2CC(O)c2ccncc2)CCN2CCCC12.Cc1cnc2c(c1)c1c(n2CC(C)(O)c2ccc(C)nc2)CCN2CCCC12.Cc1cnc2c(c1)c1c(n2CCc2cccnc2)CCN2CCCC12. The van der Waals surface area contributed by atoms with E-state index in [1.54, 1.807) is 30.4 Å². The highest BCUT2D eigenvalue weighted by Crippen LogP contribution is 2.48. The molecule has 11 aromatic heterocycles. The average molecular weight is 1420 g/mol. The Balaban J connectivity index is 0.000000103. The average Bonchev–Trinajstić information content (AvgIpc) is 1.60. The molecule has 8 aliphatic rings. The molecular formula is C87H100ClN15O2. The molecule has 20 rings (SSSR count). The van der Waals surface area contributed by atoms with Crippen molar-refractivity contribution in [2.24, 2.45) is 0 Å². The summed E-state index contributed by atoms with van der Waals surface area (Å²) in [5, 5.41) is 28.2. The smallest absolute Gasteiger partial charge is 0.140 e. The predicted octanol–water partition coefficient (Wildman–Crippen LogP) is 15.4. The van der Waals surface area contributed by atoms with Gasteiger partial charge in [-0.1, -0.05) is 41.4 Å². The summed E-state index contributed by atoms with van der Waals surface area (Å²) in [5.41, 5.74) is 25.5. The molecule has 542 valence electrons. The van der Waals surface area contributed by atoms with Gasteiger partial charge in [-0.3, -0.25) is 39.5 Å². The summed E-state index contributed by atoms with van der Waals surface area (Å²) in [6, 6.07) is 32.0. The van der Waals surface area contributed by atoms with Crippen LogP contribution in [0.2, 0.25) is 5.02 Å². The Morgan fingerprint density at radius 3 is 1.45 bits per heavy atom. The summed E-state index contributed by atoms with van der Waals surface area (Å²) >= 11 is 6.31. The summed E-state index contributed by atoms with van der Waals surface area (Å²) in [7, 11) is 0. The fraction of sp³-hybridized carbons (Fsp3) is 0.437. The van der Waals surface area contributed by atoms with E-state index in [4.69, 9.17) is 26.6 Å². The monoisotopic (exact) mass is 1420 g/mol. The lowest BCUT2D eigenvalue weighted by Crippen LogP contribution is -2.33. The van der Waals surface area contributed by atoms with Gasteiger partial charge < -0.3 is 28.5 Å². The molecule has 6 unspecified atom stereocenters. The number of fused-ring (bicyclic) bond motifs is 20. The second-order valence-corrected chi connectivity index (χ2v) is 31.9. The van der Waals surface area contributed by atoms with Gasteiger partial charge in [-0.2, -0.15) is 0 Å². The molecule has 17 nitrogen and oxygen atoms in total. The molecule has 0 amide bonds. The maximum Gasteiger partial charge on any atom is 0.140 e. The summed E-state index contributed by atoms with van der Waals surface area (Å²) in [6.07, 6.45) is 32.9. The zero-order valence-electron chi connectivity index (χ0n) is 62.0. The maximum absolute atomic E-state index is 11.4. The van der Waals surface area contributed by atoms with Gasteiger partial charge in [-0.05, 0) is 243 Å². The molecule has 8 aliphatic heterocycles. The van der Waals surface area contributed by atoms with Crippen molar-refractivity contribution in [2.45, 2.75) is 193 Å². The Kier molecular flexibility index (Phi) is 19.4. The summed E-state index contributed by atoms with van der Waals surface area (Å²) in [4.78, 5) is 42.1. The molecule has 0 aliphatic carbocycles. The molecule has 105 heavy (non-hydrogen) atoms. The number of hydrogen-bond donors (Lipinski definition) is 2. The number of nitrogens with zero attached hydrogens (tertiary/aromatic N) is 15. The van der Waals surface area contributed by atoms with Gasteiger partial charge in [0.15, 0.2) is 0 Å². The van der Waals surface area contributed by atoms with Crippen molar-refractivity contribution in [3.63, 3.8) is 0 Å². The zero-order valence-corrected chi connectivity index (χ0v) is 62.8. The van der Waals surface area contributed by atoms with Crippen LogP contribution in [0.1, 0.15) is 184 Å². The van der Waals surface area contributed by atoms with Crippen LogP contribution in [-0.4, -0.2) is 135 Å². The summed E-state index contributed by atoms with van der Waals surface area (Å²) in [6.45, 7) is 24.8. The first-order chi connectivity index (χ1) is 51.2. The van der Waals surface area contributed by atoms with Crippen molar-refractivity contribution in [2.75, 3.05) is 52.4 Å². The molecule has 1 aromatic carbocycles. The first-order valence-electron chi connectivity index (χ1n) is 38.9. The van der Waals surface area contributed by atoms with Crippen molar-refractivity contribution in [3.05, 3.63) is 241 Å². The van der Waals surface area contributed by atoms with Crippen molar-refractivity contribution < 1.29 is 10.2 Å². The number of pyridine rings is 7. The van der Waals surface area contributed by atoms with Crippen LogP contribution < -0.4 is 0 Å². The molecule has 0 spiro atoms. The minimum atomic E-state index is -1.00. The van der Waals surface area contributed by atoms with Gasteiger partial charge in [0, 0.05) is 212 Å². The van der Waals surface area contributed by atoms with Gasteiger partial charge in [0.25, 0.3) is 0 Å². The fourth-order valence-corrected chi connectivity index (χ4v) is 19.6. The van der Waals surface area contributed by atoms with Gasteiger partial charge >= 0.3 is 0 Å². The van der Waals surface area contributed by atoms with Crippen LogP contribution in [0.25, 0.3) is 44.0 Å². The lowest BCUT2D eigenvalue weighted by molar-refractivity contribution is 0.0378. The normalized spacial score (nSPS) is 20.5. The maximum atomic E-state index is 11.4. The number of rotatable bonds is 12. The quantitative estimate of drug-likeness (QED) is 0.119. The molecule has 19 heterocycles. The minimum absolute atomic E-state index is 0.492. The highest BCUT2D eigenvalue weighted by Gasteiger charge is 2.41. The number of halogens is 1. The van der Waals surface area contributed by atoms with Crippen LogP contribution in [-0.2, 0) is 70.3 Å². The lowest BCUT2D eigenvalue weighted by Gasteiger charge is -2.32. The Labute approximate surface area is 622 Å². The van der Waals surface area contributed by atoms with E-state index in [2.05, 4.69) is 133 Å². The third kappa shape index (κ3) is 13.5. The van der Waals surface area contributed by atoms with E-state index < -0.39 is 11.7 Å². The molecule has 2 N–H and O–H groups in total. The van der Waals surface area contributed by atoms with Crippen molar-refractivity contribution in [1.29, 1.82) is 0 Å². The van der Waals surface area contributed by atoms with E-state index in [1.807, 2.05) is 82.1 Å². The second-order valence-electron chi connectivity index (χ2n) is 31.5. The van der Waals surface area contributed by atoms with Crippen LogP contribution in [0, 0.1) is 34.6 Å². The third-order valence-corrected chi connectivity index (χ3v) is 24.7. The standard InChI is InChI=1S/C23H28N4O.C22H25N3O.C21H23ClN4.C21H24N4/c1-15-11-18-21-19-5-4-9-26(19)10-8-20(21)27(22(18)25-12-15)14-23(3,28)17-7-6-16(2)24-13-17;1-15-4-5-18-17(13-15)22-19-3-2-11-24(19)12-8-20(22)25(18)14-21(26)16-6-9-23-10-7-16;1-14-4-5-15(12-23-14)6-10-26-19-7-9-25-8-2-3-18(25)20(19)17-11-16(22)13-24-21(17)26;1-15-12-17-20-18-5-3-9-24(18)10-7-19(20)25(21(17)23-13-15)11-6-16-4-2-8-22-14-16/h6-7,11-13,19,28H,4-5,8-10,14H2,1-3H3;4-7,9-10,13,19,21,26H,2-3,8,11-12,14H2,1H3;4-5,11-13,18H,2-3,6-10H2,1H3;2,4,8,12-14,18H,3,5-7,9-11H2,1H3. The third-order valence-electron chi connectivity index (χ3n) is 24.5. The van der Waals surface area contributed by atoms with E-state index in [-0.39, 0.29) is 0 Å². The molecule has 0 radical (unpaired) electrons. The van der Waals surface area contributed by atoms with Crippen LogP contribution in [0.4, 0.5) is 0 Å². The van der Waals surface area contributed by atoms with Gasteiger partial charge in [-0.15, -0.1) is 0 Å². The van der Waals surface area contributed by atoms with Crippen LogP contribution in [0.5, 0.6) is 0 Å². The van der Waals surface area contributed by atoms with E-state index in [0.29, 0.717) is 37.3 Å². The number of aliphatic hydroxyl groups excluding tert-OH is 1. The molecule has 6 atom stereocenters. The molecular weight excluding hydrogens is 1320 g/mol. The van der Waals surface area contributed by atoms with Crippen molar-refractivity contribution in [1.82, 2.24) is 72.8 Å². The number of aliphatic hydroxyl groups is 2. The van der Waals surface area contributed by atoms with Gasteiger partial charge in [0.05, 0.1) is 24.2 Å². The van der Waals surface area contributed by atoms with E-state index in [9.17, 15) is 10.2 Å². The Morgan fingerprint density at radius 2 is 0.933 bits per heavy atom. The largest absolute Gasteiger partial charge is 0.387 e. The molecule has 18 heteroatoms. The van der Waals surface area contributed by atoms with E-state index >= 15 is 0 Å². The Bertz CT molecular complexity index is 5140. The van der Waals surface area contributed by atoms with Crippen molar-refractivity contribution >= 4 is 55.6 Å². The fourth-order valence-electron chi connectivity index (χ4n) is 19.5. The van der Waals surface area contributed by atoms with Crippen LogP contribution in [0.3, 0.4) is 0 Å². The highest BCUT2D eigenvalue weighted by atomic mass is 35.5. The van der Waals surface area contributed by atoms with Gasteiger partial charge in [-0.25, -0.2) is 15.0 Å². The zero-order chi connectivity index (χ0) is 71.6. The molecule has 12 aromatic rings.